The molecule has 2 rings (SSSR count). The summed E-state index contributed by atoms with van der Waals surface area (Å²) in [5, 5.41) is 15.1. The number of hydrogen-bond acceptors (Lipinski definition) is 7. The van der Waals surface area contributed by atoms with Crippen LogP contribution in [0, 0.1) is 6.92 Å². The highest BCUT2D eigenvalue weighted by molar-refractivity contribution is 7.80. The number of anilines is 1. The molecule has 36 heavy (non-hydrogen) atoms. The monoisotopic (exact) mass is 517 g/mol. The van der Waals surface area contributed by atoms with Gasteiger partial charge >= 0.3 is 6.09 Å². The first-order chi connectivity index (χ1) is 17.0. The lowest BCUT2D eigenvalue weighted by molar-refractivity contribution is -0.140. The fraction of sp³-hybridized carbons (Fsp3) is 0.423. The number of rotatable bonds is 10. The van der Waals surface area contributed by atoms with E-state index < -0.39 is 42.2 Å². The van der Waals surface area contributed by atoms with Crippen molar-refractivity contribution in [2.45, 2.75) is 45.4 Å². The Hall–Kier alpha value is -3.24. The van der Waals surface area contributed by atoms with Crippen LogP contribution >= 0.6 is 12.6 Å². The third-order valence-corrected chi connectivity index (χ3v) is 5.47. The standard InChI is InChI=1S/C26H35N3O6S/c1-17-6-8-18(9-7-17)22(23(31)27-19-10-12-20(34-5)13-11-19)29(14-15-30)24(32)21(16-36)28-25(33)35-26(2,3)4/h6-13,21-22,30,36H,14-16H2,1-5H3,(H,27,31)(H,28,33). The van der Waals surface area contributed by atoms with E-state index in [1.165, 1.54) is 4.90 Å². The predicted octanol–water partition coefficient (Wildman–Crippen LogP) is 3.33. The molecule has 2 unspecified atom stereocenters. The average molecular weight is 518 g/mol. The second-order valence-electron chi connectivity index (χ2n) is 9.17. The van der Waals surface area contributed by atoms with Crippen LogP contribution in [-0.4, -0.2) is 65.6 Å². The molecule has 10 heteroatoms. The second kappa shape index (κ2) is 13.2. The summed E-state index contributed by atoms with van der Waals surface area (Å²) in [5.74, 6) is -0.479. The molecular formula is C26H35N3O6S. The molecule has 0 spiro atoms. The van der Waals surface area contributed by atoms with E-state index in [1.807, 2.05) is 19.1 Å². The van der Waals surface area contributed by atoms with Crippen molar-refractivity contribution < 1.29 is 29.0 Å². The third-order valence-electron chi connectivity index (χ3n) is 5.11. The van der Waals surface area contributed by atoms with Crippen LogP contribution in [-0.2, 0) is 14.3 Å². The van der Waals surface area contributed by atoms with Crippen LogP contribution in [0.5, 0.6) is 5.75 Å². The zero-order valence-electron chi connectivity index (χ0n) is 21.3. The minimum absolute atomic E-state index is 0.0410. The summed E-state index contributed by atoms with van der Waals surface area (Å²) in [6, 6.07) is 11.8. The Balaban J connectivity index is 2.40. The zero-order chi connectivity index (χ0) is 26.9. The number of benzene rings is 2. The number of nitrogens with zero attached hydrogens (tertiary/aromatic N) is 1. The van der Waals surface area contributed by atoms with Gasteiger partial charge in [-0.25, -0.2) is 4.79 Å². The summed E-state index contributed by atoms with van der Waals surface area (Å²) >= 11 is 4.23. The van der Waals surface area contributed by atoms with Gasteiger partial charge in [0.15, 0.2) is 0 Å². The van der Waals surface area contributed by atoms with Crippen LogP contribution in [0.15, 0.2) is 48.5 Å². The number of thiol groups is 1. The summed E-state index contributed by atoms with van der Waals surface area (Å²) in [6.45, 7) is 6.50. The smallest absolute Gasteiger partial charge is 0.408 e. The van der Waals surface area contributed by atoms with Crippen molar-refractivity contribution in [2.75, 3.05) is 31.3 Å². The van der Waals surface area contributed by atoms with E-state index >= 15 is 0 Å². The molecule has 2 aromatic rings. The van der Waals surface area contributed by atoms with Crippen molar-refractivity contribution in [3.05, 3.63) is 59.7 Å². The van der Waals surface area contributed by atoms with Gasteiger partial charge in [0.25, 0.3) is 5.91 Å². The fourth-order valence-electron chi connectivity index (χ4n) is 3.42. The second-order valence-corrected chi connectivity index (χ2v) is 9.53. The maximum Gasteiger partial charge on any atom is 0.408 e. The quantitative estimate of drug-likeness (QED) is 0.359. The minimum Gasteiger partial charge on any atom is -0.497 e. The molecule has 3 N–H and O–H groups in total. The topological polar surface area (TPSA) is 117 Å². The average Bonchev–Trinajstić information content (AvgIpc) is 2.82. The molecule has 0 aliphatic carbocycles. The Morgan fingerprint density at radius 2 is 1.67 bits per heavy atom. The van der Waals surface area contributed by atoms with E-state index in [9.17, 15) is 19.5 Å². The number of alkyl carbamates (subject to hydrolysis) is 1. The highest BCUT2D eigenvalue weighted by Gasteiger charge is 2.35. The Morgan fingerprint density at radius 3 is 2.17 bits per heavy atom. The summed E-state index contributed by atoms with van der Waals surface area (Å²) in [6.07, 6.45) is -0.784. The van der Waals surface area contributed by atoms with Gasteiger partial charge in [-0.15, -0.1) is 0 Å². The zero-order valence-corrected chi connectivity index (χ0v) is 22.2. The largest absolute Gasteiger partial charge is 0.497 e. The number of methoxy groups -OCH3 is 1. The van der Waals surface area contributed by atoms with Crippen LogP contribution in [0.1, 0.15) is 37.9 Å². The van der Waals surface area contributed by atoms with Gasteiger partial charge in [-0.1, -0.05) is 29.8 Å². The van der Waals surface area contributed by atoms with Gasteiger partial charge in [-0.3, -0.25) is 9.59 Å². The van der Waals surface area contributed by atoms with Gasteiger partial charge in [0, 0.05) is 18.0 Å². The number of carbonyl (C=O) groups excluding carboxylic acids is 3. The first-order valence-electron chi connectivity index (χ1n) is 11.5. The normalized spacial score (nSPS) is 12.8. The summed E-state index contributed by atoms with van der Waals surface area (Å²) in [5.41, 5.74) is 1.27. The molecule has 2 aromatic carbocycles. The van der Waals surface area contributed by atoms with Crippen LogP contribution in [0.4, 0.5) is 10.5 Å². The van der Waals surface area contributed by atoms with E-state index in [1.54, 1.807) is 64.3 Å². The maximum absolute atomic E-state index is 13.6. The molecule has 0 saturated heterocycles. The maximum atomic E-state index is 13.6. The number of amides is 3. The minimum atomic E-state index is -1.09. The van der Waals surface area contributed by atoms with Crippen molar-refractivity contribution in [3.63, 3.8) is 0 Å². The van der Waals surface area contributed by atoms with Crippen molar-refractivity contribution in [1.29, 1.82) is 0 Å². The van der Waals surface area contributed by atoms with Gasteiger partial charge in [0.1, 0.15) is 23.4 Å². The number of hydrogen-bond donors (Lipinski definition) is 4. The lowest BCUT2D eigenvalue weighted by Gasteiger charge is -2.33. The van der Waals surface area contributed by atoms with E-state index in [0.717, 1.165) is 5.56 Å². The molecule has 0 heterocycles. The van der Waals surface area contributed by atoms with Gasteiger partial charge in [-0.2, -0.15) is 12.6 Å². The molecule has 0 aliphatic rings. The van der Waals surface area contributed by atoms with Crippen molar-refractivity contribution in [1.82, 2.24) is 10.2 Å². The molecule has 0 aliphatic heterocycles. The Kier molecular flexibility index (Phi) is 10.6. The van der Waals surface area contributed by atoms with Crippen LogP contribution in [0.3, 0.4) is 0 Å². The summed E-state index contributed by atoms with van der Waals surface area (Å²) in [4.78, 5) is 40.7. The number of carbonyl (C=O) groups is 3. The van der Waals surface area contributed by atoms with Crippen LogP contribution in [0.2, 0.25) is 0 Å². The Morgan fingerprint density at radius 1 is 1.06 bits per heavy atom. The molecule has 0 fully saturated rings. The first kappa shape index (κ1) is 29.0. The number of aryl methyl sites for hydroxylation is 1. The van der Waals surface area contributed by atoms with Gasteiger partial charge in [-0.05, 0) is 57.5 Å². The van der Waals surface area contributed by atoms with E-state index in [0.29, 0.717) is 17.0 Å². The van der Waals surface area contributed by atoms with Crippen molar-refractivity contribution in [2.24, 2.45) is 0 Å². The SMILES string of the molecule is COc1ccc(NC(=O)C(c2ccc(C)cc2)N(CCO)C(=O)C(CS)NC(=O)OC(C)(C)C)cc1. The first-order valence-corrected chi connectivity index (χ1v) is 12.2. The molecule has 2 atom stereocenters. The van der Waals surface area contributed by atoms with Crippen molar-refractivity contribution >= 4 is 36.2 Å². The van der Waals surface area contributed by atoms with Crippen LogP contribution in [0.25, 0.3) is 0 Å². The highest BCUT2D eigenvalue weighted by Crippen LogP contribution is 2.25. The van der Waals surface area contributed by atoms with E-state index in [2.05, 4.69) is 23.3 Å². The molecular weight excluding hydrogens is 482 g/mol. The molecule has 0 aromatic heterocycles. The molecule has 3 amide bonds. The molecule has 196 valence electrons. The van der Waals surface area contributed by atoms with Crippen LogP contribution < -0.4 is 15.4 Å². The van der Waals surface area contributed by atoms with E-state index in [4.69, 9.17) is 9.47 Å². The Bertz CT molecular complexity index is 1020. The lowest BCUT2D eigenvalue weighted by atomic mass is 10.0. The summed E-state index contributed by atoms with van der Waals surface area (Å²) in [7, 11) is 1.54. The number of ether oxygens (including phenoxy) is 2. The highest BCUT2D eigenvalue weighted by atomic mass is 32.1. The third kappa shape index (κ3) is 8.46. The van der Waals surface area contributed by atoms with Gasteiger partial charge in [0.05, 0.1) is 13.7 Å². The molecule has 9 nitrogen and oxygen atoms in total. The predicted molar refractivity (Wildman–Crippen MR) is 141 cm³/mol. The molecule has 0 bridgehead atoms. The fourth-order valence-corrected chi connectivity index (χ4v) is 3.66. The van der Waals surface area contributed by atoms with Gasteiger partial charge in [0.2, 0.25) is 5.91 Å². The number of aliphatic hydroxyl groups is 1. The Labute approximate surface area is 217 Å². The van der Waals surface area contributed by atoms with Gasteiger partial charge < -0.3 is 30.1 Å². The lowest BCUT2D eigenvalue weighted by Crippen LogP contribution is -2.53. The molecule has 0 radical (unpaired) electrons. The van der Waals surface area contributed by atoms with Crippen molar-refractivity contribution in [3.8, 4) is 5.75 Å². The summed E-state index contributed by atoms with van der Waals surface area (Å²) < 4.78 is 10.4. The number of nitrogens with one attached hydrogen (secondary N) is 2. The molecule has 0 saturated carbocycles. The number of aliphatic hydroxyl groups excluding tert-OH is 1. The van der Waals surface area contributed by atoms with E-state index in [-0.39, 0.29) is 12.3 Å².